The molecule has 0 saturated carbocycles. The molecule has 3 heteroatoms. The number of para-hydroxylation sites is 1. The van der Waals surface area contributed by atoms with Gasteiger partial charge in [-0.1, -0.05) is 18.2 Å². The van der Waals surface area contributed by atoms with Crippen molar-refractivity contribution in [3.05, 3.63) is 42.1 Å². The molecule has 2 aromatic rings. The molecule has 0 aliphatic carbocycles. The zero-order valence-electron chi connectivity index (χ0n) is 10.8. The van der Waals surface area contributed by atoms with Gasteiger partial charge in [0.25, 0.3) is 0 Å². The molecule has 94 valence electrons. The van der Waals surface area contributed by atoms with Crippen molar-refractivity contribution >= 4 is 10.9 Å². The number of nitrogens with one attached hydrogen (secondary N) is 1. The second-order valence-electron chi connectivity index (χ2n) is 5.02. The molecule has 18 heavy (non-hydrogen) atoms. The highest BCUT2D eigenvalue weighted by Gasteiger charge is 2.19. The van der Waals surface area contributed by atoms with Gasteiger partial charge in [0, 0.05) is 24.2 Å². The Bertz CT molecular complexity index is 538. The van der Waals surface area contributed by atoms with Crippen LogP contribution in [0, 0.1) is 0 Å². The van der Waals surface area contributed by atoms with Crippen molar-refractivity contribution < 1.29 is 0 Å². The summed E-state index contributed by atoms with van der Waals surface area (Å²) in [4.78, 5) is 6.99. The molecule has 0 amide bonds. The van der Waals surface area contributed by atoms with Gasteiger partial charge in [0.05, 0.1) is 5.52 Å². The first-order valence-electron chi connectivity index (χ1n) is 6.60. The lowest BCUT2D eigenvalue weighted by Crippen LogP contribution is -2.29. The second-order valence-corrected chi connectivity index (χ2v) is 5.02. The second kappa shape index (κ2) is 5.04. The summed E-state index contributed by atoms with van der Waals surface area (Å²) in [7, 11) is 2.20. The maximum atomic E-state index is 4.57. The van der Waals surface area contributed by atoms with Gasteiger partial charge < -0.3 is 5.32 Å². The predicted molar refractivity (Wildman–Crippen MR) is 74.6 cm³/mol. The van der Waals surface area contributed by atoms with Crippen molar-refractivity contribution in [2.24, 2.45) is 0 Å². The Kier molecular flexibility index (Phi) is 3.26. The van der Waals surface area contributed by atoms with Crippen molar-refractivity contribution in [2.45, 2.75) is 12.5 Å². The maximum Gasteiger partial charge on any atom is 0.0702 e. The molecule has 0 bridgehead atoms. The van der Waals surface area contributed by atoms with E-state index in [-0.39, 0.29) is 0 Å². The fraction of sp³-hybridized carbons (Fsp3) is 0.400. The third-order valence-electron chi connectivity index (χ3n) is 3.73. The number of pyridine rings is 1. The molecule has 1 aromatic carbocycles. The van der Waals surface area contributed by atoms with Crippen LogP contribution in [-0.2, 0) is 0 Å². The zero-order valence-corrected chi connectivity index (χ0v) is 10.8. The molecule has 3 rings (SSSR count). The highest BCUT2D eigenvalue weighted by atomic mass is 15.2. The standard InChI is InChI=1S/C15H19N3/c1-18-8-4-7-16-11-15(18)13-9-12-5-2-3-6-14(12)17-10-13/h2-3,5-6,9-10,15-16H,4,7-8,11H2,1H3. The van der Waals surface area contributed by atoms with E-state index >= 15 is 0 Å². The molecule has 3 nitrogen and oxygen atoms in total. The fourth-order valence-corrected chi connectivity index (χ4v) is 2.65. The molecule has 1 N–H and O–H groups in total. The average molecular weight is 241 g/mol. The van der Waals surface area contributed by atoms with Gasteiger partial charge in [0.15, 0.2) is 0 Å². The van der Waals surface area contributed by atoms with Gasteiger partial charge in [0.1, 0.15) is 0 Å². The largest absolute Gasteiger partial charge is 0.315 e. The number of aromatic nitrogens is 1. The number of rotatable bonds is 1. The Morgan fingerprint density at radius 3 is 3.17 bits per heavy atom. The topological polar surface area (TPSA) is 28.2 Å². The number of hydrogen-bond donors (Lipinski definition) is 1. The van der Waals surface area contributed by atoms with E-state index in [0.717, 1.165) is 25.2 Å². The maximum absolute atomic E-state index is 4.57. The van der Waals surface area contributed by atoms with Crippen LogP contribution in [0.3, 0.4) is 0 Å². The number of benzene rings is 1. The Balaban J connectivity index is 1.97. The van der Waals surface area contributed by atoms with E-state index in [1.54, 1.807) is 0 Å². The number of hydrogen-bond acceptors (Lipinski definition) is 3. The highest BCUT2D eigenvalue weighted by Crippen LogP contribution is 2.23. The van der Waals surface area contributed by atoms with Crippen LogP contribution in [0.15, 0.2) is 36.5 Å². The molecule has 0 radical (unpaired) electrons. The summed E-state index contributed by atoms with van der Waals surface area (Å²) in [6, 6.07) is 11.0. The van der Waals surface area contributed by atoms with Crippen molar-refractivity contribution in [1.82, 2.24) is 15.2 Å². The summed E-state index contributed by atoms with van der Waals surface area (Å²) in [5, 5.41) is 4.73. The van der Waals surface area contributed by atoms with Gasteiger partial charge >= 0.3 is 0 Å². The third-order valence-corrected chi connectivity index (χ3v) is 3.73. The van der Waals surface area contributed by atoms with Crippen LogP contribution in [0.4, 0.5) is 0 Å². The zero-order chi connectivity index (χ0) is 12.4. The van der Waals surface area contributed by atoms with Gasteiger partial charge in [-0.15, -0.1) is 0 Å². The smallest absolute Gasteiger partial charge is 0.0702 e. The summed E-state index contributed by atoms with van der Waals surface area (Å²) < 4.78 is 0. The SMILES string of the molecule is CN1CCCNCC1c1cnc2ccccc2c1. The monoisotopic (exact) mass is 241 g/mol. The minimum Gasteiger partial charge on any atom is -0.315 e. The van der Waals surface area contributed by atoms with Gasteiger partial charge in [-0.25, -0.2) is 0 Å². The van der Waals surface area contributed by atoms with Gasteiger partial charge in [0.2, 0.25) is 0 Å². The van der Waals surface area contributed by atoms with Crippen LogP contribution in [0.25, 0.3) is 10.9 Å². The lowest BCUT2D eigenvalue weighted by Gasteiger charge is -2.25. The summed E-state index contributed by atoms with van der Waals surface area (Å²) in [5.74, 6) is 0. The molecule has 0 spiro atoms. The highest BCUT2D eigenvalue weighted by molar-refractivity contribution is 5.78. The van der Waals surface area contributed by atoms with E-state index in [4.69, 9.17) is 0 Å². The van der Waals surface area contributed by atoms with E-state index < -0.39 is 0 Å². The number of nitrogens with zero attached hydrogens (tertiary/aromatic N) is 2. The molecule has 1 aromatic heterocycles. The van der Waals surface area contributed by atoms with Crippen molar-refractivity contribution in [2.75, 3.05) is 26.7 Å². The van der Waals surface area contributed by atoms with Crippen molar-refractivity contribution in [3.63, 3.8) is 0 Å². The van der Waals surface area contributed by atoms with Crippen LogP contribution in [0.5, 0.6) is 0 Å². The van der Waals surface area contributed by atoms with Gasteiger partial charge in [-0.2, -0.15) is 0 Å². The van der Waals surface area contributed by atoms with Crippen molar-refractivity contribution in [3.8, 4) is 0 Å². The minimum atomic E-state index is 0.435. The molecule has 1 aliphatic rings. The van der Waals surface area contributed by atoms with E-state index in [1.807, 2.05) is 12.3 Å². The van der Waals surface area contributed by atoms with Crippen molar-refractivity contribution in [1.29, 1.82) is 0 Å². The Morgan fingerprint density at radius 1 is 1.33 bits per heavy atom. The van der Waals surface area contributed by atoms with E-state index in [0.29, 0.717) is 6.04 Å². The minimum absolute atomic E-state index is 0.435. The predicted octanol–water partition coefficient (Wildman–Crippen LogP) is 2.20. The fourth-order valence-electron chi connectivity index (χ4n) is 2.65. The molecular weight excluding hydrogens is 222 g/mol. The lowest BCUT2D eigenvalue weighted by atomic mass is 10.1. The molecule has 1 aliphatic heterocycles. The molecule has 1 saturated heterocycles. The van der Waals surface area contributed by atoms with Gasteiger partial charge in [-0.05, 0) is 44.3 Å². The third kappa shape index (κ3) is 2.24. The molecule has 1 atom stereocenters. The van der Waals surface area contributed by atoms with Gasteiger partial charge in [-0.3, -0.25) is 9.88 Å². The van der Waals surface area contributed by atoms with Crippen LogP contribution >= 0.6 is 0 Å². The number of fused-ring (bicyclic) bond motifs is 1. The molecule has 2 heterocycles. The normalized spacial score (nSPS) is 21.9. The first-order valence-corrected chi connectivity index (χ1v) is 6.60. The van der Waals surface area contributed by atoms with Crippen LogP contribution < -0.4 is 5.32 Å². The van der Waals surface area contributed by atoms with E-state index in [1.165, 1.54) is 17.4 Å². The summed E-state index contributed by atoms with van der Waals surface area (Å²) in [5.41, 5.74) is 2.39. The van der Waals surface area contributed by atoms with E-state index in [2.05, 4.69) is 46.5 Å². The van der Waals surface area contributed by atoms with Crippen LogP contribution in [0.1, 0.15) is 18.0 Å². The molecule has 1 unspecified atom stereocenters. The summed E-state index contributed by atoms with van der Waals surface area (Å²) in [6.45, 7) is 3.27. The summed E-state index contributed by atoms with van der Waals surface area (Å²) in [6.07, 6.45) is 3.24. The lowest BCUT2D eigenvalue weighted by molar-refractivity contribution is 0.261. The quantitative estimate of drug-likeness (QED) is 0.829. The Morgan fingerprint density at radius 2 is 2.22 bits per heavy atom. The number of likely N-dealkylation sites (N-methyl/N-ethyl adjacent to an activating group) is 1. The molecule has 1 fully saturated rings. The Hall–Kier alpha value is -1.45. The summed E-state index contributed by atoms with van der Waals surface area (Å²) >= 11 is 0. The first kappa shape index (κ1) is 11.6. The first-order chi connectivity index (χ1) is 8.84. The van der Waals surface area contributed by atoms with Crippen LogP contribution in [-0.4, -0.2) is 36.6 Å². The van der Waals surface area contributed by atoms with E-state index in [9.17, 15) is 0 Å². The van der Waals surface area contributed by atoms with Crippen LogP contribution in [0.2, 0.25) is 0 Å². The molecular formula is C15H19N3. The Labute approximate surface area is 108 Å². The average Bonchev–Trinajstić information content (AvgIpc) is 2.63.